The predicted octanol–water partition coefficient (Wildman–Crippen LogP) is 3.42. The van der Waals surface area contributed by atoms with E-state index in [0.717, 1.165) is 40.6 Å². The molecule has 2 N–H and O–H groups in total. The minimum Gasteiger partial charge on any atom is -0.311 e. The van der Waals surface area contributed by atoms with Gasteiger partial charge in [0.1, 0.15) is 4.90 Å². The van der Waals surface area contributed by atoms with Gasteiger partial charge in [0.05, 0.1) is 0 Å². The lowest BCUT2D eigenvalue weighted by Crippen LogP contribution is -2.47. The molecule has 2 bridgehead atoms. The van der Waals surface area contributed by atoms with Gasteiger partial charge in [-0.1, -0.05) is 11.6 Å². The number of aryl methyl sites for hydroxylation is 1. The summed E-state index contributed by atoms with van der Waals surface area (Å²) < 4.78 is 29.8. The molecule has 3 heterocycles. The predicted molar refractivity (Wildman–Crippen MR) is 94.9 cm³/mol. The van der Waals surface area contributed by atoms with E-state index in [1.807, 2.05) is 13.0 Å². The molecule has 7 heteroatoms. The topological polar surface area (TPSA) is 58.2 Å². The highest BCUT2D eigenvalue weighted by atomic mass is 35.5. The monoisotopic (exact) mass is 370 g/mol. The summed E-state index contributed by atoms with van der Waals surface area (Å²) in [7, 11) is -3.54. The minimum atomic E-state index is -3.54. The molecule has 0 saturated carbocycles. The zero-order chi connectivity index (χ0) is 16.2. The van der Waals surface area contributed by atoms with Gasteiger partial charge in [-0.15, -0.1) is 11.3 Å². The number of thiophene rings is 1. The fraction of sp³-hybridized carbons (Fsp3) is 0.500. The molecule has 4 rings (SSSR count). The van der Waals surface area contributed by atoms with Crippen LogP contribution in [-0.2, 0) is 10.0 Å². The summed E-state index contributed by atoms with van der Waals surface area (Å²) in [4.78, 5) is 1.21. The maximum absolute atomic E-state index is 13.0. The summed E-state index contributed by atoms with van der Waals surface area (Å²) in [6, 6.07) is 6.37. The molecule has 0 spiro atoms. The quantitative estimate of drug-likeness (QED) is 0.870. The summed E-state index contributed by atoms with van der Waals surface area (Å²) in [6.07, 6.45) is 4.05. The third kappa shape index (κ3) is 2.91. The van der Waals surface area contributed by atoms with Crippen LogP contribution in [0.5, 0.6) is 0 Å². The van der Waals surface area contributed by atoms with Gasteiger partial charge in [0.2, 0.25) is 10.0 Å². The van der Waals surface area contributed by atoms with Crippen molar-refractivity contribution in [1.29, 1.82) is 0 Å². The smallest absolute Gasteiger partial charge is 0.242 e. The van der Waals surface area contributed by atoms with Gasteiger partial charge in [0, 0.05) is 38.1 Å². The molecule has 2 aliphatic rings. The summed E-state index contributed by atoms with van der Waals surface area (Å²) in [5, 5.41) is 4.83. The number of benzene rings is 1. The molecule has 23 heavy (non-hydrogen) atoms. The number of rotatable bonds is 3. The van der Waals surface area contributed by atoms with E-state index >= 15 is 0 Å². The van der Waals surface area contributed by atoms with Crippen molar-refractivity contribution in [3.8, 4) is 0 Å². The Morgan fingerprint density at radius 2 is 1.96 bits per heavy atom. The average molecular weight is 371 g/mol. The summed E-state index contributed by atoms with van der Waals surface area (Å²) in [5.41, 5.74) is 0. The van der Waals surface area contributed by atoms with Crippen LogP contribution >= 0.6 is 22.9 Å². The first-order valence-electron chi connectivity index (χ1n) is 7.89. The van der Waals surface area contributed by atoms with E-state index < -0.39 is 10.0 Å². The van der Waals surface area contributed by atoms with Gasteiger partial charge in [-0.05, 0) is 50.8 Å². The average Bonchev–Trinajstić information content (AvgIpc) is 2.97. The molecule has 0 radical (unpaired) electrons. The van der Waals surface area contributed by atoms with Crippen molar-refractivity contribution in [2.75, 3.05) is 0 Å². The third-order valence-corrected chi connectivity index (χ3v) is 7.99. The Hall–Kier alpha value is -0.660. The molecule has 4 nitrogen and oxygen atoms in total. The summed E-state index contributed by atoms with van der Waals surface area (Å²) in [6.45, 7) is 1.86. The zero-order valence-electron chi connectivity index (χ0n) is 12.8. The second-order valence-corrected chi connectivity index (χ2v) is 9.90. The normalized spacial score (nSPS) is 27.7. The van der Waals surface area contributed by atoms with Crippen molar-refractivity contribution in [2.24, 2.45) is 0 Å². The number of hydrogen-bond donors (Lipinski definition) is 2. The molecule has 2 fully saturated rings. The Kier molecular flexibility index (Phi) is 3.93. The lowest BCUT2D eigenvalue weighted by Gasteiger charge is -2.29. The first kappa shape index (κ1) is 15.8. The van der Waals surface area contributed by atoms with Crippen LogP contribution in [-0.4, -0.2) is 26.5 Å². The Balaban J connectivity index is 1.68. The largest absolute Gasteiger partial charge is 0.311 e. The second-order valence-electron chi connectivity index (χ2n) is 6.56. The lowest BCUT2D eigenvalue weighted by atomic mass is 10.0. The standard InChI is InChI=1S/C16H19ClN2O2S2/c1-9-16(14-6-10(17)2-5-15(14)22-9)23(20,21)19-13-7-11-3-4-12(8-13)18-11/h2,5-6,11-13,18-19H,3-4,7-8H2,1H3. The number of piperidine rings is 1. The summed E-state index contributed by atoms with van der Waals surface area (Å²) >= 11 is 7.57. The van der Waals surface area contributed by atoms with E-state index in [0.29, 0.717) is 22.0 Å². The van der Waals surface area contributed by atoms with Crippen molar-refractivity contribution < 1.29 is 8.42 Å². The van der Waals surface area contributed by atoms with E-state index in [2.05, 4.69) is 10.0 Å². The maximum Gasteiger partial charge on any atom is 0.242 e. The molecule has 2 atom stereocenters. The van der Waals surface area contributed by atoms with Gasteiger partial charge < -0.3 is 5.32 Å². The molecule has 2 saturated heterocycles. The molecular formula is C16H19ClN2O2S2. The number of hydrogen-bond acceptors (Lipinski definition) is 4. The Labute approximate surface area is 145 Å². The Morgan fingerprint density at radius 1 is 1.26 bits per heavy atom. The molecule has 1 aromatic carbocycles. The van der Waals surface area contributed by atoms with Crippen LogP contribution in [0.2, 0.25) is 5.02 Å². The molecule has 2 aliphatic heterocycles. The van der Waals surface area contributed by atoms with Crippen molar-refractivity contribution >= 4 is 43.0 Å². The van der Waals surface area contributed by atoms with Crippen LogP contribution in [0.1, 0.15) is 30.6 Å². The minimum absolute atomic E-state index is 0.0206. The van der Waals surface area contributed by atoms with Crippen LogP contribution in [0.25, 0.3) is 10.1 Å². The highest BCUT2D eigenvalue weighted by Crippen LogP contribution is 2.36. The first-order chi connectivity index (χ1) is 10.9. The second kappa shape index (κ2) is 5.70. The number of fused-ring (bicyclic) bond motifs is 3. The number of nitrogens with one attached hydrogen (secondary N) is 2. The van der Waals surface area contributed by atoms with Crippen LogP contribution in [0, 0.1) is 6.92 Å². The SMILES string of the molecule is Cc1sc2ccc(Cl)cc2c1S(=O)(=O)NC1CC2CCC(C1)N2. The van der Waals surface area contributed by atoms with Crippen molar-refractivity contribution in [1.82, 2.24) is 10.0 Å². The Morgan fingerprint density at radius 3 is 2.65 bits per heavy atom. The first-order valence-corrected chi connectivity index (χ1v) is 10.6. The van der Waals surface area contributed by atoms with E-state index in [1.165, 1.54) is 11.3 Å². The van der Waals surface area contributed by atoms with Gasteiger partial charge in [0.15, 0.2) is 0 Å². The van der Waals surface area contributed by atoms with Crippen molar-refractivity contribution in [3.63, 3.8) is 0 Å². The molecule has 124 valence electrons. The van der Waals surface area contributed by atoms with Crippen molar-refractivity contribution in [2.45, 2.75) is 55.6 Å². The number of sulfonamides is 1. The van der Waals surface area contributed by atoms with Crippen molar-refractivity contribution in [3.05, 3.63) is 28.1 Å². The highest BCUT2D eigenvalue weighted by molar-refractivity contribution is 7.90. The van der Waals surface area contributed by atoms with E-state index in [9.17, 15) is 8.42 Å². The Bertz CT molecular complexity index is 850. The van der Waals surface area contributed by atoms with E-state index in [-0.39, 0.29) is 6.04 Å². The fourth-order valence-corrected chi connectivity index (χ4v) is 7.15. The third-order valence-electron chi connectivity index (χ3n) is 4.83. The van der Waals surface area contributed by atoms with Gasteiger partial charge in [0.25, 0.3) is 0 Å². The van der Waals surface area contributed by atoms with Crippen LogP contribution in [0.15, 0.2) is 23.1 Å². The molecule has 2 aromatic rings. The van der Waals surface area contributed by atoms with Crippen LogP contribution in [0.3, 0.4) is 0 Å². The summed E-state index contributed by atoms with van der Waals surface area (Å²) in [5.74, 6) is 0. The molecule has 0 aliphatic carbocycles. The van der Waals surface area contributed by atoms with Crippen LogP contribution < -0.4 is 10.0 Å². The lowest BCUT2D eigenvalue weighted by molar-refractivity contribution is 0.345. The highest BCUT2D eigenvalue weighted by Gasteiger charge is 2.36. The molecule has 0 amide bonds. The van der Waals surface area contributed by atoms with E-state index in [4.69, 9.17) is 11.6 Å². The van der Waals surface area contributed by atoms with Gasteiger partial charge in [-0.2, -0.15) is 0 Å². The molecule has 1 aromatic heterocycles. The van der Waals surface area contributed by atoms with E-state index in [1.54, 1.807) is 12.1 Å². The van der Waals surface area contributed by atoms with Gasteiger partial charge >= 0.3 is 0 Å². The molecular weight excluding hydrogens is 352 g/mol. The van der Waals surface area contributed by atoms with Gasteiger partial charge in [-0.3, -0.25) is 0 Å². The fourth-order valence-electron chi connectivity index (χ4n) is 3.94. The maximum atomic E-state index is 13.0. The zero-order valence-corrected chi connectivity index (χ0v) is 15.2. The number of halogens is 1. The molecule has 2 unspecified atom stereocenters. The van der Waals surface area contributed by atoms with Crippen LogP contribution in [0.4, 0.5) is 0 Å². The van der Waals surface area contributed by atoms with Gasteiger partial charge in [-0.25, -0.2) is 13.1 Å².